The van der Waals surface area contributed by atoms with Crippen molar-refractivity contribution in [2.45, 2.75) is 72.0 Å². The van der Waals surface area contributed by atoms with E-state index in [0.717, 1.165) is 57.8 Å². The minimum absolute atomic E-state index is 0. The van der Waals surface area contributed by atoms with Crippen molar-refractivity contribution < 1.29 is 5.11 Å². The van der Waals surface area contributed by atoms with E-state index in [0.29, 0.717) is 23.9 Å². The van der Waals surface area contributed by atoms with Crippen molar-refractivity contribution in [3.8, 4) is 0 Å². The van der Waals surface area contributed by atoms with Gasteiger partial charge in [0.25, 0.3) is 0 Å². The lowest BCUT2D eigenvalue weighted by molar-refractivity contribution is 0.134. The van der Waals surface area contributed by atoms with Crippen LogP contribution in [0.1, 0.15) is 58.9 Å². The Kier molecular flexibility index (Phi) is 13.6. The number of aliphatic hydroxyl groups is 1. The first-order chi connectivity index (χ1) is 14.0. The highest BCUT2D eigenvalue weighted by Gasteiger charge is 2.26. The third kappa shape index (κ3) is 9.96. The Morgan fingerprint density at radius 3 is 2.60 bits per heavy atom. The lowest BCUT2D eigenvalue weighted by atomic mass is 9.94. The molecule has 1 fully saturated rings. The van der Waals surface area contributed by atoms with Crippen molar-refractivity contribution in [2.24, 2.45) is 16.8 Å². The van der Waals surface area contributed by atoms with Gasteiger partial charge in [0, 0.05) is 44.9 Å². The van der Waals surface area contributed by atoms with Crippen LogP contribution in [0.4, 0.5) is 0 Å². The number of aliphatic imine (C=N–C) groups is 1. The molecule has 0 aromatic heterocycles. The Morgan fingerprint density at radius 1 is 1.27 bits per heavy atom. The maximum Gasteiger partial charge on any atom is 0.191 e. The molecule has 0 aliphatic carbocycles. The fourth-order valence-electron chi connectivity index (χ4n) is 4.27. The number of nitrogens with one attached hydrogen (secondary N) is 2. The molecule has 1 heterocycles. The average Bonchev–Trinajstić information content (AvgIpc) is 2.69. The van der Waals surface area contributed by atoms with Crippen LogP contribution in [0.3, 0.4) is 0 Å². The molecule has 30 heavy (non-hydrogen) atoms. The van der Waals surface area contributed by atoms with Gasteiger partial charge in [0.15, 0.2) is 5.96 Å². The van der Waals surface area contributed by atoms with Crippen molar-refractivity contribution in [3.05, 3.63) is 35.9 Å². The minimum atomic E-state index is 0. The maximum absolute atomic E-state index is 9.35. The number of guanidine groups is 1. The molecule has 1 saturated heterocycles. The molecule has 1 aromatic rings. The third-order valence-corrected chi connectivity index (χ3v) is 5.78. The highest BCUT2D eigenvalue weighted by Crippen LogP contribution is 2.20. The van der Waals surface area contributed by atoms with Gasteiger partial charge < -0.3 is 15.7 Å². The molecule has 0 saturated carbocycles. The fourth-order valence-corrected chi connectivity index (χ4v) is 4.27. The van der Waals surface area contributed by atoms with E-state index >= 15 is 0 Å². The van der Waals surface area contributed by atoms with E-state index in [2.05, 4.69) is 73.6 Å². The van der Waals surface area contributed by atoms with Gasteiger partial charge in [-0.2, -0.15) is 0 Å². The number of likely N-dealkylation sites (tertiary alicyclic amines) is 1. The molecule has 3 N–H and O–H groups in total. The summed E-state index contributed by atoms with van der Waals surface area (Å²) >= 11 is 0. The van der Waals surface area contributed by atoms with Gasteiger partial charge in [0.05, 0.1) is 0 Å². The van der Waals surface area contributed by atoms with Crippen LogP contribution < -0.4 is 10.6 Å². The van der Waals surface area contributed by atoms with Gasteiger partial charge in [-0.3, -0.25) is 9.89 Å². The van der Waals surface area contributed by atoms with Gasteiger partial charge in [-0.25, -0.2) is 0 Å². The second-order valence-corrected chi connectivity index (χ2v) is 8.90. The van der Waals surface area contributed by atoms with Gasteiger partial charge in [0.2, 0.25) is 0 Å². The summed E-state index contributed by atoms with van der Waals surface area (Å²) in [5.74, 6) is 2.00. The van der Waals surface area contributed by atoms with E-state index in [1.54, 1.807) is 0 Å². The monoisotopic (exact) mass is 530 g/mol. The number of rotatable bonds is 10. The van der Waals surface area contributed by atoms with Crippen LogP contribution in [0, 0.1) is 11.8 Å². The van der Waals surface area contributed by atoms with E-state index in [-0.39, 0.29) is 30.6 Å². The standard InChI is InChI=1S/C24H42N4O.HI/c1-5-25-24(26-17-22(12-14-29)15-19(2)3)27-23-11-13-28(20(4)16-23)18-21-9-7-6-8-10-21;/h6-10,19-20,22-23,29H,5,11-18H2,1-4H3,(H2,25,26,27);1H. The average molecular weight is 531 g/mol. The van der Waals surface area contributed by atoms with Gasteiger partial charge in [-0.1, -0.05) is 44.2 Å². The lowest BCUT2D eigenvalue weighted by Gasteiger charge is -2.38. The van der Waals surface area contributed by atoms with Gasteiger partial charge >= 0.3 is 0 Å². The van der Waals surface area contributed by atoms with E-state index in [4.69, 9.17) is 4.99 Å². The lowest BCUT2D eigenvalue weighted by Crippen LogP contribution is -2.51. The highest BCUT2D eigenvalue weighted by molar-refractivity contribution is 14.0. The van der Waals surface area contributed by atoms with Crippen molar-refractivity contribution in [2.75, 3.05) is 26.2 Å². The molecule has 3 unspecified atom stereocenters. The van der Waals surface area contributed by atoms with Gasteiger partial charge in [-0.15, -0.1) is 24.0 Å². The molecular formula is C24H43IN4O. The first-order valence-corrected chi connectivity index (χ1v) is 11.5. The third-order valence-electron chi connectivity index (χ3n) is 5.78. The summed E-state index contributed by atoms with van der Waals surface area (Å²) in [7, 11) is 0. The fraction of sp³-hybridized carbons (Fsp3) is 0.708. The number of nitrogens with zero attached hydrogens (tertiary/aromatic N) is 2. The van der Waals surface area contributed by atoms with Crippen LogP contribution in [-0.2, 0) is 6.54 Å². The Bertz CT molecular complexity index is 596. The summed E-state index contributed by atoms with van der Waals surface area (Å²) in [4.78, 5) is 7.44. The molecule has 5 nitrogen and oxygen atoms in total. The zero-order valence-corrected chi connectivity index (χ0v) is 21.6. The zero-order chi connectivity index (χ0) is 21.1. The van der Waals surface area contributed by atoms with Crippen molar-refractivity contribution in [3.63, 3.8) is 0 Å². The molecule has 2 rings (SSSR count). The zero-order valence-electron chi connectivity index (χ0n) is 19.3. The molecule has 0 spiro atoms. The van der Waals surface area contributed by atoms with Crippen LogP contribution >= 0.6 is 24.0 Å². The molecule has 0 radical (unpaired) electrons. The number of halogens is 1. The molecular weight excluding hydrogens is 487 g/mol. The van der Waals surface area contributed by atoms with E-state index in [9.17, 15) is 5.11 Å². The van der Waals surface area contributed by atoms with Crippen molar-refractivity contribution >= 4 is 29.9 Å². The first-order valence-electron chi connectivity index (χ1n) is 11.5. The van der Waals surface area contributed by atoms with Crippen LogP contribution in [0.25, 0.3) is 0 Å². The summed E-state index contributed by atoms with van der Waals surface area (Å²) in [6.45, 7) is 12.9. The van der Waals surface area contributed by atoms with E-state index < -0.39 is 0 Å². The minimum Gasteiger partial charge on any atom is -0.396 e. The topological polar surface area (TPSA) is 59.9 Å². The van der Waals surface area contributed by atoms with Gasteiger partial charge in [-0.05, 0) is 56.9 Å². The largest absolute Gasteiger partial charge is 0.396 e. The van der Waals surface area contributed by atoms with E-state index in [1.165, 1.54) is 5.56 Å². The number of piperidine rings is 1. The van der Waals surface area contributed by atoms with Crippen LogP contribution in [0.5, 0.6) is 0 Å². The second-order valence-electron chi connectivity index (χ2n) is 8.90. The summed E-state index contributed by atoms with van der Waals surface area (Å²) < 4.78 is 0. The predicted molar refractivity (Wildman–Crippen MR) is 139 cm³/mol. The molecule has 3 atom stereocenters. The summed E-state index contributed by atoms with van der Waals surface area (Å²) in [5.41, 5.74) is 1.39. The SMILES string of the molecule is CCNC(=NCC(CCO)CC(C)C)NC1CCN(Cc2ccccc2)C(C)C1.I. The smallest absolute Gasteiger partial charge is 0.191 e. The first kappa shape index (κ1) is 27.2. The molecule has 172 valence electrons. The summed E-state index contributed by atoms with van der Waals surface area (Å²) in [6.07, 6.45) is 4.20. The molecule has 6 heteroatoms. The number of hydrogen-bond donors (Lipinski definition) is 3. The number of aliphatic hydroxyl groups excluding tert-OH is 1. The Morgan fingerprint density at radius 2 is 2.00 bits per heavy atom. The molecule has 1 aliphatic rings. The van der Waals surface area contributed by atoms with Crippen LogP contribution in [0.2, 0.25) is 0 Å². The second kappa shape index (κ2) is 15.0. The van der Waals surface area contributed by atoms with E-state index in [1.807, 2.05) is 0 Å². The van der Waals surface area contributed by atoms with Crippen LogP contribution in [-0.4, -0.2) is 54.3 Å². The Hall–Kier alpha value is -0.860. The Balaban J connectivity index is 0.00000450. The summed E-state index contributed by atoms with van der Waals surface area (Å²) in [5, 5.41) is 16.4. The normalized spacial score (nSPS) is 21.2. The molecule has 1 aromatic carbocycles. The number of benzene rings is 1. The van der Waals surface area contributed by atoms with Crippen molar-refractivity contribution in [1.29, 1.82) is 0 Å². The summed E-state index contributed by atoms with van der Waals surface area (Å²) in [6, 6.07) is 11.8. The highest BCUT2D eigenvalue weighted by atomic mass is 127. The number of hydrogen-bond acceptors (Lipinski definition) is 3. The van der Waals surface area contributed by atoms with Crippen LogP contribution in [0.15, 0.2) is 35.3 Å². The maximum atomic E-state index is 9.35. The quantitative estimate of drug-likeness (QED) is 0.241. The Labute approximate surface area is 201 Å². The molecule has 1 aliphatic heterocycles. The van der Waals surface area contributed by atoms with Gasteiger partial charge in [0.1, 0.15) is 0 Å². The van der Waals surface area contributed by atoms with Crippen molar-refractivity contribution in [1.82, 2.24) is 15.5 Å². The molecule has 0 bridgehead atoms. The predicted octanol–water partition coefficient (Wildman–Crippen LogP) is 4.26. The molecule has 0 amide bonds.